The van der Waals surface area contributed by atoms with Crippen LogP contribution in [0, 0.1) is 3.57 Å². The average molecular weight is 429 g/mol. The molecule has 1 amide bonds. The van der Waals surface area contributed by atoms with Crippen LogP contribution in [0.25, 0.3) is 22.6 Å². The molecule has 1 N–H and O–H groups in total. The first-order valence-corrected chi connectivity index (χ1v) is 8.41. The molecule has 0 spiro atoms. The molecule has 0 saturated carbocycles. The van der Waals surface area contributed by atoms with Crippen LogP contribution in [-0.4, -0.2) is 15.5 Å². The summed E-state index contributed by atoms with van der Waals surface area (Å²) in [5.41, 5.74) is 2.60. The summed E-state index contributed by atoms with van der Waals surface area (Å²) in [5.74, 6) is 0.267. The number of hydrogen-bond acceptors (Lipinski definition) is 3. The molecule has 0 saturated heterocycles. The molecule has 4 rings (SSSR count). The van der Waals surface area contributed by atoms with Gasteiger partial charge in [0.1, 0.15) is 5.82 Å². The van der Waals surface area contributed by atoms with E-state index < -0.39 is 0 Å². The van der Waals surface area contributed by atoms with Gasteiger partial charge in [0.25, 0.3) is 11.5 Å². The monoisotopic (exact) mass is 429 g/mol. The van der Waals surface area contributed by atoms with Gasteiger partial charge in [-0.25, -0.2) is 4.98 Å². The van der Waals surface area contributed by atoms with Gasteiger partial charge in [-0.05, 0) is 52.9 Å². The van der Waals surface area contributed by atoms with Crippen LogP contribution >= 0.6 is 22.6 Å². The normalized spacial score (nSPS) is 14.9. The zero-order valence-electron chi connectivity index (χ0n) is 12.7. The molecule has 0 aliphatic carbocycles. The van der Waals surface area contributed by atoms with E-state index in [1.807, 2.05) is 42.5 Å². The van der Waals surface area contributed by atoms with Gasteiger partial charge in [0, 0.05) is 21.9 Å². The molecule has 0 atom stereocenters. The van der Waals surface area contributed by atoms with Crippen molar-refractivity contribution in [2.24, 2.45) is 7.05 Å². The van der Waals surface area contributed by atoms with Crippen LogP contribution in [0.15, 0.2) is 47.3 Å². The van der Waals surface area contributed by atoms with Crippen molar-refractivity contribution in [1.29, 1.82) is 0 Å². The Balaban J connectivity index is 1.95. The van der Waals surface area contributed by atoms with Crippen molar-refractivity contribution in [1.82, 2.24) is 9.55 Å². The summed E-state index contributed by atoms with van der Waals surface area (Å²) in [6.07, 6.45) is 1.67. The first-order chi connectivity index (χ1) is 11.5. The van der Waals surface area contributed by atoms with Gasteiger partial charge < -0.3 is 5.32 Å². The number of nitrogens with zero attached hydrogens (tertiary/aromatic N) is 2. The zero-order chi connectivity index (χ0) is 16.8. The molecule has 2 heterocycles. The summed E-state index contributed by atoms with van der Waals surface area (Å²) in [4.78, 5) is 29.4. The highest BCUT2D eigenvalue weighted by Crippen LogP contribution is 2.32. The number of benzene rings is 2. The molecule has 6 heteroatoms. The summed E-state index contributed by atoms with van der Waals surface area (Å²) in [5, 5.41) is 3.40. The molecule has 24 heavy (non-hydrogen) atoms. The lowest BCUT2D eigenvalue weighted by Crippen LogP contribution is -2.21. The van der Waals surface area contributed by atoms with Gasteiger partial charge in [-0.15, -0.1) is 0 Å². The van der Waals surface area contributed by atoms with E-state index in [0.29, 0.717) is 22.3 Å². The van der Waals surface area contributed by atoms with Gasteiger partial charge in [-0.1, -0.05) is 18.2 Å². The lowest BCUT2D eigenvalue weighted by molar-refractivity contribution is -0.110. The van der Waals surface area contributed by atoms with E-state index in [1.54, 1.807) is 13.1 Å². The predicted molar refractivity (Wildman–Crippen MR) is 103 cm³/mol. The van der Waals surface area contributed by atoms with Crippen LogP contribution in [0.1, 0.15) is 11.4 Å². The SMILES string of the molecule is Cn1c(C=C2C(=O)Nc3ccccc32)nc2ccc(I)cc2c1=O. The number of para-hydroxylation sites is 1. The molecule has 3 aromatic rings. The van der Waals surface area contributed by atoms with Crippen molar-refractivity contribution in [2.75, 3.05) is 5.32 Å². The van der Waals surface area contributed by atoms with E-state index in [-0.39, 0.29) is 11.5 Å². The maximum absolute atomic E-state index is 12.6. The molecule has 5 nitrogen and oxygen atoms in total. The molecule has 2 aromatic carbocycles. The summed E-state index contributed by atoms with van der Waals surface area (Å²) >= 11 is 2.17. The fraction of sp³-hybridized carbons (Fsp3) is 0.0556. The average Bonchev–Trinajstić information content (AvgIpc) is 2.89. The Morgan fingerprint density at radius 2 is 1.96 bits per heavy atom. The standard InChI is InChI=1S/C18H12IN3O2/c1-22-16(20-15-7-6-10(19)8-13(15)18(22)24)9-12-11-4-2-3-5-14(11)21-17(12)23/h2-9H,1H3,(H,21,23). The maximum Gasteiger partial charge on any atom is 0.261 e. The summed E-state index contributed by atoms with van der Waals surface area (Å²) in [6, 6.07) is 13.0. The minimum Gasteiger partial charge on any atom is -0.321 e. The van der Waals surface area contributed by atoms with Gasteiger partial charge in [0.15, 0.2) is 0 Å². The van der Waals surface area contributed by atoms with Crippen molar-refractivity contribution >= 4 is 56.7 Å². The summed E-state index contributed by atoms with van der Waals surface area (Å²) in [6.45, 7) is 0. The highest BCUT2D eigenvalue weighted by atomic mass is 127. The third-order valence-corrected chi connectivity index (χ3v) is 4.73. The molecule has 0 unspecified atom stereocenters. The zero-order valence-corrected chi connectivity index (χ0v) is 14.9. The van der Waals surface area contributed by atoms with Crippen molar-refractivity contribution in [3.8, 4) is 0 Å². The molecular weight excluding hydrogens is 417 g/mol. The number of aromatic nitrogens is 2. The Hall–Kier alpha value is -2.48. The van der Waals surface area contributed by atoms with E-state index >= 15 is 0 Å². The number of anilines is 1. The minimum absolute atomic E-state index is 0.128. The largest absolute Gasteiger partial charge is 0.321 e. The first-order valence-electron chi connectivity index (χ1n) is 7.33. The number of carbonyl (C=O) groups is 1. The van der Waals surface area contributed by atoms with Crippen LogP contribution in [0.3, 0.4) is 0 Å². The summed E-state index contributed by atoms with van der Waals surface area (Å²) < 4.78 is 2.45. The fourth-order valence-corrected chi connectivity index (χ4v) is 3.29. The number of carbonyl (C=O) groups excluding carboxylic acids is 1. The van der Waals surface area contributed by atoms with Crippen molar-refractivity contribution in [3.05, 3.63) is 67.8 Å². The molecule has 118 valence electrons. The Bertz CT molecular complexity index is 1100. The van der Waals surface area contributed by atoms with Crippen molar-refractivity contribution in [2.45, 2.75) is 0 Å². The molecule has 0 fully saturated rings. The van der Waals surface area contributed by atoms with Gasteiger partial charge in [0.2, 0.25) is 0 Å². The molecule has 1 aromatic heterocycles. The van der Waals surface area contributed by atoms with Crippen LogP contribution in [0.4, 0.5) is 5.69 Å². The van der Waals surface area contributed by atoms with Crippen molar-refractivity contribution < 1.29 is 4.79 Å². The summed E-state index contributed by atoms with van der Waals surface area (Å²) in [7, 11) is 1.67. The molecular formula is C18H12IN3O2. The second-order valence-electron chi connectivity index (χ2n) is 5.55. The maximum atomic E-state index is 12.6. The van der Waals surface area contributed by atoms with Gasteiger partial charge >= 0.3 is 0 Å². The Kier molecular flexibility index (Phi) is 3.49. The Morgan fingerprint density at radius 3 is 2.79 bits per heavy atom. The van der Waals surface area contributed by atoms with Gasteiger partial charge in [-0.3, -0.25) is 14.2 Å². The topological polar surface area (TPSA) is 64.0 Å². The number of fused-ring (bicyclic) bond motifs is 2. The quantitative estimate of drug-likeness (QED) is 0.478. The first kappa shape index (κ1) is 15.1. The molecule has 0 radical (unpaired) electrons. The van der Waals surface area contributed by atoms with Gasteiger partial charge in [0.05, 0.1) is 16.5 Å². The number of rotatable bonds is 1. The van der Waals surface area contributed by atoms with Crippen LogP contribution < -0.4 is 10.9 Å². The number of halogens is 1. The molecule has 0 bridgehead atoms. The predicted octanol–water partition coefficient (Wildman–Crippen LogP) is 3.03. The van der Waals surface area contributed by atoms with Crippen LogP contribution in [-0.2, 0) is 11.8 Å². The highest BCUT2D eigenvalue weighted by molar-refractivity contribution is 14.1. The highest BCUT2D eigenvalue weighted by Gasteiger charge is 2.24. The lowest BCUT2D eigenvalue weighted by atomic mass is 10.1. The van der Waals surface area contributed by atoms with E-state index in [9.17, 15) is 9.59 Å². The second kappa shape index (κ2) is 5.55. The van der Waals surface area contributed by atoms with Crippen LogP contribution in [0.5, 0.6) is 0 Å². The fourth-order valence-electron chi connectivity index (χ4n) is 2.80. The number of nitrogens with one attached hydrogen (secondary N) is 1. The smallest absolute Gasteiger partial charge is 0.261 e. The number of hydrogen-bond donors (Lipinski definition) is 1. The van der Waals surface area contributed by atoms with E-state index in [4.69, 9.17) is 0 Å². The Morgan fingerprint density at radius 1 is 1.17 bits per heavy atom. The van der Waals surface area contributed by atoms with E-state index in [2.05, 4.69) is 32.9 Å². The Labute approximate surface area is 151 Å². The second-order valence-corrected chi connectivity index (χ2v) is 6.80. The van der Waals surface area contributed by atoms with E-state index in [1.165, 1.54) is 4.57 Å². The molecule has 1 aliphatic rings. The van der Waals surface area contributed by atoms with Crippen LogP contribution in [0.2, 0.25) is 0 Å². The lowest BCUT2D eigenvalue weighted by Gasteiger charge is -2.07. The third kappa shape index (κ3) is 2.34. The van der Waals surface area contributed by atoms with E-state index in [0.717, 1.165) is 14.8 Å². The third-order valence-electron chi connectivity index (χ3n) is 4.06. The minimum atomic E-state index is -0.187. The number of amides is 1. The van der Waals surface area contributed by atoms with Gasteiger partial charge in [-0.2, -0.15) is 0 Å². The molecule has 1 aliphatic heterocycles. The van der Waals surface area contributed by atoms with Crippen molar-refractivity contribution in [3.63, 3.8) is 0 Å².